The van der Waals surface area contributed by atoms with E-state index in [0.717, 1.165) is 15.4 Å². The average Bonchev–Trinajstić information content (AvgIpc) is 2.53. The topological polar surface area (TPSA) is 70.6 Å². The van der Waals surface area contributed by atoms with E-state index >= 15 is 0 Å². The third kappa shape index (κ3) is 2.41. The third-order valence-corrected chi connectivity index (χ3v) is 4.20. The van der Waals surface area contributed by atoms with Gasteiger partial charge < -0.3 is 0 Å². The van der Waals surface area contributed by atoms with E-state index in [2.05, 4.69) is 4.98 Å². The Bertz CT molecular complexity index is 547. The van der Waals surface area contributed by atoms with E-state index in [1.54, 1.807) is 19.3 Å². The monoisotopic (exact) mass is 289 g/mol. The van der Waals surface area contributed by atoms with Crippen molar-refractivity contribution in [3.8, 4) is 0 Å². The highest BCUT2D eigenvalue weighted by atomic mass is 16.2. The second kappa shape index (κ2) is 5.63. The summed E-state index contributed by atoms with van der Waals surface area (Å²) in [6, 6.07) is 3.15. The van der Waals surface area contributed by atoms with E-state index in [9.17, 15) is 14.4 Å². The van der Waals surface area contributed by atoms with Crippen LogP contribution in [-0.4, -0.2) is 46.7 Å². The Labute approximate surface area is 123 Å². The smallest absolute Gasteiger partial charge is 0.273 e. The number of urea groups is 1. The Hall–Kier alpha value is -2.24. The zero-order valence-corrected chi connectivity index (χ0v) is 12.5. The molecule has 0 radical (unpaired) electrons. The summed E-state index contributed by atoms with van der Waals surface area (Å²) in [5.41, 5.74) is -0.138. The molecule has 0 aliphatic carbocycles. The van der Waals surface area contributed by atoms with Gasteiger partial charge in [-0.3, -0.25) is 24.4 Å². The molecule has 0 unspecified atom stereocenters. The van der Waals surface area contributed by atoms with Crippen molar-refractivity contribution in [2.45, 2.75) is 26.2 Å². The lowest BCUT2D eigenvalue weighted by atomic mass is 9.76. The quantitative estimate of drug-likeness (QED) is 0.787. The lowest BCUT2D eigenvalue weighted by Gasteiger charge is -2.41. The van der Waals surface area contributed by atoms with Crippen LogP contribution in [0.25, 0.3) is 0 Å². The number of carbonyl (C=O) groups excluding carboxylic acids is 3. The Kier molecular flexibility index (Phi) is 4.06. The molecular formula is C15H19N3O3. The van der Waals surface area contributed by atoms with Crippen molar-refractivity contribution < 1.29 is 14.4 Å². The van der Waals surface area contributed by atoms with Crippen molar-refractivity contribution in [2.24, 2.45) is 5.41 Å². The molecule has 2 heterocycles. The molecule has 1 saturated heterocycles. The minimum atomic E-state index is -1.15. The minimum absolute atomic E-state index is 0.373. The zero-order chi connectivity index (χ0) is 15.6. The molecule has 2 rings (SSSR count). The lowest BCUT2D eigenvalue weighted by Crippen LogP contribution is -2.62. The van der Waals surface area contributed by atoms with Gasteiger partial charge in [-0.25, -0.2) is 4.79 Å². The van der Waals surface area contributed by atoms with E-state index in [-0.39, 0.29) is 0 Å². The van der Waals surface area contributed by atoms with Gasteiger partial charge in [0.05, 0.1) is 0 Å². The molecule has 21 heavy (non-hydrogen) atoms. The largest absolute Gasteiger partial charge is 0.332 e. The molecule has 0 saturated carbocycles. The number of hydrogen-bond acceptors (Lipinski definition) is 4. The maximum absolute atomic E-state index is 12.5. The first-order valence-electron chi connectivity index (χ1n) is 6.93. The Morgan fingerprint density at radius 2 is 1.57 bits per heavy atom. The van der Waals surface area contributed by atoms with E-state index in [1.807, 2.05) is 12.1 Å². The normalized spacial score (nSPS) is 18.3. The summed E-state index contributed by atoms with van der Waals surface area (Å²) in [7, 11) is 2.84. The fourth-order valence-electron chi connectivity index (χ4n) is 2.73. The number of hydrogen-bond donors (Lipinski definition) is 0. The van der Waals surface area contributed by atoms with Crippen LogP contribution in [0, 0.1) is 5.41 Å². The van der Waals surface area contributed by atoms with Gasteiger partial charge in [-0.05, 0) is 37.0 Å². The molecule has 0 spiro atoms. The van der Waals surface area contributed by atoms with Gasteiger partial charge in [0, 0.05) is 26.5 Å². The number of pyridine rings is 1. The number of rotatable bonds is 4. The first-order valence-corrected chi connectivity index (χ1v) is 6.93. The van der Waals surface area contributed by atoms with E-state index in [1.165, 1.54) is 14.1 Å². The molecule has 0 N–H and O–H groups in total. The number of imide groups is 2. The summed E-state index contributed by atoms with van der Waals surface area (Å²) >= 11 is 0. The fraction of sp³-hybridized carbons (Fsp3) is 0.467. The fourth-order valence-corrected chi connectivity index (χ4v) is 2.73. The summed E-state index contributed by atoms with van der Waals surface area (Å²) in [5.74, 6) is -0.820. The SMILES string of the molecule is CCC1(CCc2ccncc2)C(=O)N(C)C(=O)N(C)C1=O. The first-order chi connectivity index (χ1) is 9.94. The molecule has 6 heteroatoms. The Morgan fingerprint density at radius 1 is 1.05 bits per heavy atom. The van der Waals surface area contributed by atoms with Crippen LogP contribution in [-0.2, 0) is 16.0 Å². The molecule has 0 bridgehead atoms. The number of nitrogens with zero attached hydrogens (tertiary/aromatic N) is 3. The van der Waals surface area contributed by atoms with Gasteiger partial charge in [0.15, 0.2) is 0 Å². The van der Waals surface area contributed by atoms with Crippen LogP contribution in [0.1, 0.15) is 25.3 Å². The molecule has 1 fully saturated rings. The van der Waals surface area contributed by atoms with Crippen molar-refractivity contribution in [3.63, 3.8) is 0 Å². The maximum atomic E-state index is 12.5. The van der Waals surface area contributed by atoms with Gasteiger partial charge in [-0.1, -0.05) is 6.92 Å². The molecule has 0 aromatic carbocycles. The summed E-state index contributed by atoms with van der Waals surface area (Å²) in [5, 5.41) is 0. The molecule has 4 amide bonds. The molecule has 6 nitrogen and oxygen atoms in total. The van der Waals surface area contributed by atoms with E-state index in [4.69, 9.17) is 0 Å². The van der Waals surface area contributed by atoms with Crippen LogP contribution in [0.4, 0.5) is 4.79 Å². The second-order valence-corrected chi connectivity index (χ2v) is 5.30. The Balaban J connectivity index is 2.28. The molecule has 1 aromatic rings. The zero-order valence-electron chi connectivity index (χ0n) is 12.5. The van der Waals surface area contributed by atoms with E-state index < -0.39 is 23.3 Å². The van der Waals surface area contributed by atoms with Crippen LogP contribution >= 0.6 is 0 Å². The second-order valence-electron chi connectivity index (χ2n) is 5.30. The highest BCUT2D eigenvalue weighted by molar-refractivity contribution is 6.18. The number of amides is 4. The molecular weight excluding hydrogens is 270 g/mol. The van der Waals surface area contributed by atoms with Crippen molar-refractivity contribution in [2.75, 3.05) is 14.1 Å². The summed E-state index contributed by atoms with van der Waals surface area (Å²) in [6.07, 6.45) is 4.70. The molecule has 112 valence electrons. The van der Waals surface area contributed by atoms with Crippen LogP contribution < -0.4 is 0 Å². The first kappa shape index (κ1) is 15.2. The highest BCUT2D eigenvalue weighted by Gasteiger charge is 2.53. The molecule has 1 aliphatic rings. The van der Waals surface area contributed by atoms with Crippen molar-refractivity contribution in [1.29, 1.82) is 0 Å². The Morgan fingerprint density at radius 3 is 2.05 bits per heavy atom. The van der Waals surface area contributed by atoms with Crippen molar-refractivity contribution in [3.05, 3.63) is 30.1 Å². The van der Waals surface area contributed by atoms with Gasteiger partial charge in [-0.15, -0.1) is 0 Å². The highest BCUT2D eigenvalue weighted by Crippen LogP contribution is 2.36. The maximum Gasteiger partial charge on any atom is 0.332 e. The molecule has 0 atom stereocenters. The van der Waals surface area contributed by atoms with Crippen LogP contribution in [0.5, 0.6) is 0 Å². The number of carbonyl (C=O) groups is 3. The number of aryl methyl sites for hydroxylation is 1. The van der Waals surface area contributed by atoms with Crippen LogP contribution in [0.3, 0.4) is 0 Å². The van der Waals surface area contributed by atoms with Gasteiger partial charge in [0.1, 0.15) is 5.41 Å². The lowest BCUT2D eigenvalue weighted by molar-refractivity contribution is -0.157. The number of aromatic nitrogens is 1. The summed E-state index contributed by atoms with van der Waals surface area (Å²) in [4.78, 5) is 42.9. The van der Waals surface area contributed by atoms with Gasteiger partial charge >= 0.3 is 6.03 Å². The van der Waals surface area contributed by atoms with Gasteiger partial charge in [0.2, 0.25) is 11.8 Å². The van der Waals surface area contributed by atoms with Crippen molar-refractivity contribution in [1.82, 2.24) is 14.8 Å². The standard InChI is InChI=1S/C15H19N3O3/c1-4-15(8-5-11-6-9-16-10-7-11)12(19)17(2)14(21)18(3)13(15)20/h6-7,9-10H,4-5,8H2,1-3H3. The predicted octanol–water partition coefficient (Wildman–Crippen LogP) is 1.46. The third-order valence-electron chi connectivity index (χ3n) is 4.20. The molecule has 1 aromatic heterocycles. The summed E-state index contributed by atoms with van der Waals surface area (Å²) in [6.45, 7) is 1.81. The van der Waals surface area contributed by atoms with E-state index in [0.29, 0.717) is 19.3 Å². The van der Waals surface area contributed by atoms with Crippen LogP contribution in [0.15, 0.2) is 24.5 Å². The number of barbiturate groups is 1. The summed E-state index contributed by atoms with van der Waals surface area (Å²) < 4.78 is 0. The predicted molar refractivity (Wildman–Crippen MR) is 76.2 cm³/mol. The van der Waals surface area contributed by atoms with Crippen molar-refractivity contribution >= 4 is 17.8 Å². The molecule has 1 aliphatic heterocycles. The van der Waals surface area contributed by atoms with Crippen LogP contribution in [0.2, 0.25) is 0 Å². The minimum Gasteiger partial charge on any atom is -0.273 e. The van der Waals surface area contributed by atoms with Gasteiger partial charge in [-0.2, -0.15) is 0 Å². The average molecular weight is 289 g/mol. The van der Waals surface area contributed by atoms with Gasteiger partial charge in [0.25, 0.3) is 0 Å².